The number of fused-ring (bicyclic) bond motifs is 1. The maximum atomic E-state index is 12.9. The molecule has 0 aliphatic carbocycles. The van der Waals surface area contributed by atoms with Gasteiger partial charge in [-0.1, -0.05) is 31.7 Å². The van der Waals surface area contributed by atoms with E-state index < -0.39 is 10.0 Å². The topological polar surface area (TPSA) is 110 Å². The predicted octanol–water partition coefficient (Wildman–Crippen LogP) is 2.15. The lowest BCUT2D eigenvalue weighted by molar-refractivity contribution is -0.118. The van der Waals surface area contributed by atoms with E-state index in [1.165, 1.54) is 18.2 Å². The first-order valence-electron chi connectivity index (χ1n) is 8.68. The summed E-state index contributed by atoms with van der Waals surface area (Å²) in [6.07, 6.45) is 1.33. The van der Waals surface area contributed by atoms with Crippen molar-refractivity contribution in [2.75, 3.05) is 16.8 Å². The zero-order valence-corrected chi connectivity index (χ0v) is 16.2. The second kappa shape index (κ2) is 7.57. The third-order valence-electron chi connectivity index (χ3n) is 4.67. The highest BCUT2D eigenvalue weighted by atomic mass is 32.2. The lowest BCUT2D eigenvalue weighted by Gasteiger charge is -2.18. The van der Waals surface area contributed by atoms with Crippen LogP contribution in [-0.2, 0) is 26.0 Å². The second-order valence-electron chi connectivity index (χ2n) is 6.74. The highest BCUT2D eigenvalue weighted by molar-refractivity contribution is 7.89. The van der Waals surface area contributed by atoms with E-state index in [0.29, 0.717) is 17.9 Å². The van der Waals surface area contributed by atoms with Gasteiger partial charge in [0, 0.05) is 23.8 Å². The van der Waals surface area contributed by atoms with Crippen molar-refractivity contribution >= 4 is 33.2 Å². The van der Waals surface area contributed by atoms with Crippen LogP contribution >= 0.6 is 0 Å². The van der Waals surface area contributed by atoms with Crippen LogP contribution in [0.1, 0.15) is 24.0 Å². The highest BCUT2D eigenvalue weighted by Crippen LogP contribution is 2.37. The number of sulfonamides is 1. The third kappa shape index (κ3) is 4.13. The van der Waals surface area contributed by atoms with Gasteiger partial charge in [-0.2, -0.15) is 0 Å². The van der Waals surface area contributed by atoms with E-state index in [1.807, 2.05) is 6.92 Å². The van der Waals surface area contributed by atoms with Gasteiger partial charge < -0.3 is 10.2 Å². The molecule has 28 heavy (non-hydrogen) atoms. The van der Waals surface area contributed by atoms with Crippen molar-refractivity contribution < 1.29 is 18.0 Å². The van der Waals surface area contributed by atoms with Gasteiger partial charge in [0.15, 0.2) is 0 Å². The number of nitrogens with zero attached hydrogens (tertiary/aromatic N) is 1. The Hall–Kier alpha value is -2.97. The molecule has 7 nitrogen and oxygen atoms in total. The van der Waals surface area contributed by atoms with Crippen molar-refractivity contribution in [2.45, 2.75) is 24.2 Å². The van der Waals surface area contributed by atoms with E-state index in [0.717, 1.165) is 11.1 Å². The number of anilines is 2. The Kier molecular flexibility index (Phi) is 5.35. The molecule has 0 fully saturated rings. The average Bonchev–Trinajstić information content (AvgIpc) is 2.99. The minimum Gasteiger partial charge on any atom is -0.323 e. The van der Waals surface area contributed by atoms with Gasteiger partial charge in [-0.3, -0.25) is 9.59 Å². The normalized spacial score (nSPS) is 15.8. The van der Waals surface area contributed by atoms with Crippen LogP contribution in [0.25, 0.3) is 0 Å². The summed E-state index contributed by atoms with van der Waals surface area (Å²) in [6.45, 7) is 5.86. The summed E-state index contributed by atoms with van der Waals surface area (Å²) < 4.78 is 23.3. The van der Waals surface area contributed by atoms with Gasteiger partial charge in [0.25, 0.3) is 0 Å². The van der Waals surface area contributed by atoms with Crippen LogP contribution in [0.2, 0.25) is 0 Å². The van der Waals surface area contributed by atoms with Crippen molar-refractivity contribution in [1.29, 1.82) is 0 Å². The summed E-state index contributed by atoms with van der Waals surface area (Å²) in [7, 11) is -3.85. The first-order valence-corrected chi connectivity index (χ1v) is 10.2. The van der Waals surface area contributed by atoms with Gasteiger partial charge in [-0.25, -0.2) is 13.6 Å². The molecule has 1 aliphatic rings. The Morgan fingerprint density at radius 1 is 1.25 bits per heavy atom. The number of hydrogen-bond donors (Lipinski definition) is 2. The molecule has 3 N–H and O–H groups in total. The Morgan fingerprint density at radius 3 is 2.54 bits per heavy atom. The van der Waals surface area contributed by atoms with E-state index in [4.69, 9.17) is 5.14 Å². The van der Waals surface area contributed by atoms with E-state index >= 15 is 0 Å². The Morgan fingerprint density at radius 2 is 1.93 bits per heavy atom. The molecular weight excluding hydrogens is 378 g/mol. The Labute approximate surface area is 163 Å². The maximum Gasteiger partial charge on any atom is 0.247 e. The van der Waals surface area contributed by atoms with Crippen molar-refractivity contribution in [2.24, 2.45) is 5.14 Å². The fourth-order valence-corrected chi connectivity index (χ4v) is 3.76. The smallest absolute Gasteiger partial charge is 0.247 e. The Bertz CT molecular complexity index is 1050. The quantitative estimate of drug-likeness (QED) is 0.751. The maximum absolute atomic E-state index is 12.9. The Balaban J connectivity index is 1.79. The molecule has 2 amide bonds. The molecule has 2 aromatic carbocycles. The number of nitrogens with two attached hydrogens (primary N) is 1. The van der Waals surface area contributed by atoms with Gasteiger partial charge in [-0.05, 0) is 41.5 Å². The molecule has 0 bridgehead atoms. The molecule has 8 heteroatoms. The van der Waals surface area contributed by atoms with Crippen molar-refractivity contribution in [3.05, 3.63) is 66.2 Å². The molecule has 2 aromatic rings. The minimum absolute atomic E-state index is 0.0135. The predicted molar refractivity (Wildman–Crippen MR) is 108 cm³/mol. The number of carbonyl (C=O) groups is 2. The fraction of sp³-hybridized carbons (Fsp3) is 0.200. The lowest BCUT2D eigenvalue weighted by Crippen LogP contribution is -2.31. The first kappa shape index (κ1) is 19.8. The van der Waals surface area contributed by atoms with E-state index in [1.54, 1.807) is 35.2 Å². The zero-order chi connectivity index (χ0) is 20.5. The van der Waals surface area contributed by atoms with Gasteiger partial charge in [0.2, 0.25) is 21.8 Å². The molecule has 1 aliphatic heterocycles. The molecule has 1 heterocycles. The zero-order valence-electron chi connectivity index (χ0n) is 15.4. The van der Waals surface area contributed by atoms with Crippen LogP contribution in [-0.4, -0.2) is 26.8 Å². The minimum atomic E-state index is -3.85. The molecule has 0 spiro atoms. The SMILES string of the molecule is C=CC(=O)Nc1ccc(CC(=O)N2CC(C)c3ccc(S(N)(=O)=O)cc32)cc1. The number of rotatable bonds is 5. The number of hydrogen-bond acceptors (Lipinski definition) is 4. The molecule has 0 radical (unpaired) electrons. The van der Waals surface area contributed by atoms with Gasteiger partial charge in [0.05, 0.1) is 11.3 Å². The summed E-state index contributed by atoms with van der Waals surface area (Å²) in [6, 6.07) is 11.6. The summed E-state index contributed by atoms with van der Waals surface area (Å²) in [5.41, 5.74) is 2.89. The van der Waals surface area contributed by atoms with E-state index in [9.17, 15) is 18.0 Å². The van der Waals surface area contributed by atoms with Crippen molar-refractivity contribution in [1.82, 2.24) is 0 Å². The molecule has 1 unspecified atom stereocenters. The summed E-state index contributed by atoms with van der Waals surface area (Å²) in [5, 5.41) is 7.87. The number of amides is 2. The van der Waals surface area contributed by atoms with Crippen LogP contribution in [0, 0.1) is 0 Å². The number of carbonyl (C=O) groups excluding carboxylic acids is 2. The van der Waals surface area contributed by atoms with Crippen molar-refractivity contribution in [3.8, 4) is 0 Å². The molecular formula is C20H21N3O4S. The molecule has 146 valence electrons. The molecule has 1 atom stereocenters. The van der Waals surface area contributed by atoms with Crippen molar-refractivity contribution in [3.63, 3.8) is 0 Å². The third-order valence-corrected chi connectivity index (χ3v) is 5.58. The largest absolute Gasteiger partial charge is 0.323 e. The molecule has 0 saturated carbocycles. The molecule has 0 aromatic heterocycles. The van der Waals surface area contributed by atoms with Crippen LogP contribution < -0.4 is 15.4 Å². The summed E-state index contributed by atoms with van der Waals surface area (Å²) >= 11 is 0. The number of benzene rings is 2. The number of primary sulfonamides is 1. The van der Waals surface area contributed by atoms with Crippen LogP contribution in [0.5, 0.6) is 0 Å². The first-order chi connectivity index (χ1) is 13.2. The second-order valence-corrected chi connectivity index (χ2v) is 8.30. The monoisotopic (exact) mass is 399 g/mol. The van der Waals surface area contributed by atoms with Gasteiger partial charge in [0.1, 0.15) is 0 Å². The highest BCUT2D eigenvalue weighted by Gasteiger charge is 2.30. The summed E-state index contributed by atoms with van der Waals surface area (Å²) in [5.74, 6) is -0.345. The van der Waals surface area contributed by atoms with E-state index in [2.05, 4.69) is 11.9 Å². The van der Waals surface area contributed by atoms with E-state index in [-0.39, 0.29) is 29.0 Å². The van der Waals surface area contributed by atoms with Gasteiger partial charge in [-0.15, -0.1) is 0 Å². The van der Waals surface area contributed by atoms with Gasteiger partial charge >= 0.3 is 0 Å². The lowest BCUT2D eigenvalue weighted by atomic mass is 10.0. The standard InChI is InChI=1S/C20H21N3O4S/c1-3-19(24)22-15-6-4-14(5-7-15)10-20(25)23-12-13(2)17-9-8-16(11-18(17)23)28(21,26)27/h3-9,11,13H,1,10,12H2,2H3,(H,22,24)(H2,21,26,27). The van der Waals surface area contributed by atoms with Crippen LogP contribution in [0.4, 0.5) is 11.4 Å². The average molecular weight is 399 g/mol. The number of nitrogens with one attached hydrogen (secondary N) is 1. The molecule has 0 saturated heterocycles. The van der Waals surface area contributed by atoms with Crippen LogP contribution in [0.15, 0.2) is 60.0 Å². The van der Waals surface area contributed by atoms with Crippen LogP contribution in [0.3, 0.4) is 0 Å². The fourth-order valence-electron chi connectivity index (χ4n) is 3.23. The summed E-state index contributed by atoms with van der Waals surface area (Å²) in [4.78, 5) is 25.8. The molecule has 3 rings (SSSR count).